The molecule has 0 aliphatic carbocycles. The van der Waals surface area contributed by atoms with Crippen LogP contribution in [0.3, 0.4) is 0 Å². The van der Waals surface area contributed by atoms with Crippen molar-refractivity contribution in [1.82, 2.24) is 4.98 Å². The molecule has 0 aliphatic heterocycles. The second kappa shape index (κ2) is 6.15. The second-order valence-electron chi connectivity index (χ2n) is 3.02. The van der Waals surface area contributed by atoms with Crippen LogP contribution in [-0.2, 0) is 0 Å². The number of pyridine rings is 1. The highest BCUT2D eigenvalue weighted by Crippen LogP contribution is 2.27. The third-order valence-electron chi connectivity index (χ3n) is 1.92. The van der Waals surface area contributed by atoms with E-state index >= 15 is 0 Å². The van der Waals surface area contributed by atoms with Crippen molar-refractivity contribution in [2.45, 2.75) is 18.6 Å². The van der Waals surface area contributed by atoms with Gasteiger partial charge in [-0.3, -0.25) is 0 Å². The molecule has 0 fully saturated rings. The topological polar surface area (TPSA) is 53.4 Å². The molecule has 3 nitrogen and oxygen atoms in total. The second-order valence-corrected chi connectivity index (χ2v) is 5.09. The van der Waals surface area contributed by atoms with Gasteiger partial charge in [0.05, 0.1) is 6.10 Å². The minimum atomic E-state index is -1.01. The van der Waals surface area contributed by atoms with Crippen LogP contribution in [0, 0.1) is 0 Å². The van der Waals surface area contributed by atoms with Crippen molar-refractivity contribution in [2.75, 3.05) is 5.33 Å². The maximum Gasteiger partial charge on any atom is 0.134 e. The minimum Gasteiger partial charge on any atom is -0.390 e. The fraction of sp³-hybridized carbons (Fsp3) is 0.444. The number of halogens is 3. The summed E-state index contributed by atoms with van der Waals surface area (Å²) in [5, 5.41) is 20.2. The smallest absolute Gasteiger partial charge is 0.134 e. The Morgan fingerprint density at radius 3 is 2.73 bits per heavy atom. The molecule has 2 unspecified atom stereocenters. The van der Waals surface area contributed by atoms with Gasteiger partial charge >= 0.3 is 0 Å². The lowest BCUT2D eigenvalue weighted by molar-refractivity contribution is 0.0172. The van der Waals surface area contributed by atoms with E-state index in [2.05, 4.69) is 36.8 Å². The molecule has 0 aliphatic rings. The van der Waals surface area contributed by atoms with E-state index in [0.717, 1.165) is 0 Å². The Labute approximate surface area is 110 Å². The highest BCUT2D eigenvalue weighted by molar-refractivity contribution is 9.10. The molecule has 0 spiro atoms. The first kappa shape index (κ1) is 13.4. The van der Waals surface area contributed by atoms with Crippen molar-refractivity contribution in [3.8, 4) is 0 Å². The average Bonchev–Trinajstić information content (AvgIpc) is 2.21. The van der Waals surface area contributed by atoms with Gasteiger partial charge in [0.15, 0.2) is 0 Å². The molecule has 0 radical (unpaired) electrons. The van der Waals surface area contributed by atoms with Gasteiger partial charge in [-0.1, -0.05) is 27.5 Å². The Hall–Kier alpha value is 0.320. The molecule has 84 valence electrons. The zero-order chi connectivity index (χ0) is 11.4. The van der Waals surface area contributed by atoms with Gasteiger partial charge in [-0.2, -0.15) is 0 Å². The van der Waals surface area contributed by atoms with Crippen LogP contribution in [0.2, 0.25) is 5.15 Å². The first-order valence-corrected chi connectivity index (χ1v) is 6.58. The lowest BCUT2D eigenvalue weighted by Gasteiger charge is -2.17. The van der Waals surface area contributed by atoms with Gasteiger partial charge in [-0.25, -0.2) is 4.98 Å². The summed E-state index contributed by atoms with van der Waals surface area (Å²) in [7, 11) is 0. The molecule has 0 saturated carbocycles. The number of hydrogen-bond donors (Lipinski definition) is 2. The van der Waals surface area contributed by atoms with E-state index in [1.807, 2.05) is 0 Å². The molecule has 1 aromatic rings. The van der Waals surface area contributed by atoms with Gasteiger partial charge in [0, 0.05) is 21.6 Å². The minimum absolute atomic E-state index is 0.208. The monoisotopic (exact) mass is 357 g/mol. The van der Waals surface area contributed by atoms with Gasteiger partial charge in [0.2, 0.25) is 0 Å². The lowest BCUT2D eigenvalue weighted by atomic mass is 10.0. The van der Waals surface area contributed by atoms with E-state index in [1.54, 1.807) is 6.07 Å². The molecule has 1 aromatic heterocycles. The summed E-state index contributed by atoms with van der Waals surface area (Å²) in [6.45, 7) is 0. The predicted octanol–water partition coefficient (Wildman–Crippen LogP) is 2.68. The highest BCUT2D eigenvalue weighted by atomic mass is 79.9. The third kappa shape index (κ3) is 3.67. The molecule has 6 heteroatoms. The van der Waals surface area contributed by atoms with Crippen LogP contribution in [0.4, 0.5) is 0 Å². The maximum absolute atomic E-state index is 9.81. The van der Waals surface area contributed by atoms with Crippen LogP contribution in [0.1, 0.15) is 18.1 Å². The molecule has 1 heterocycles. The molecular weight excluding hydrogens is 349 g/mol. The summed E-state index contributed by atoms with van der Waals surface area (Å²) >= 11 is 12.2. The number of alkyl halides is 1. The molecule has 15 heavy (non-hydrogen) atoms. The maximum atomic E-state index is 9.81. The molecule has 0 saturated heterocycles. The van der Waals surface area contributed by atoms with Crippen molar-refractivity contribution >= 4 is 43.5 Å². The molecule has 0 bridgehead atoms. The Morgan fingerprint density at radius 1 is 1.47 bits per heavy atom. The lowest BCUT2D eigenvalue weighted by Crippen LogP contribution is -2.19. The summed E-state index contributed by atoms with van der Waals surface area (Å²) in [5.74, 6) is 0. The Kier molecular flexibility index (Phi) is 5.49. The first-order valence-electron chi connectivity index (χ1n) is 4.29. The molecule has 2 atom stereocenters. The van der Waals surface area contributed by atoms with Crippen LogP contribution < -0.4 is 0 Å². The quantitative estimate of drug-likeness (QED) is 0.642. The van der Waals surface area contributed by atoms with E-state index in [1.165, 1.54) is 6.20 Å². The largest absolute Gasteiger partial charge is 0.390 e. The van der Waals surface area contributed by atoms with Gasteiger partial charge in [-0.15, -0.1) is 0 Å². The van der Waals surface area contributed by atoms with E-state index in [4.69, 9.17) is 11.6 Å². The fourth-order valence-electron chi connectivity index (χ4n) is 1.12. The number of aromatic nitrogens is 1. The van der Waals surface area contributed by atoms with Crippen LogP contribution in [0.15, 0.2) is 16.7 Å². The summed E-state index contributed by atoms with van der Waals surface area (Å²) in [6.07, 6.45) is 0.123. The van der Waals surface area contributed by atoms with Crippen LogP contribution in [0.5, 0.6) is 0 Å². The van der Waals surface area contributed by atoms with Gasteiger partial charge in [0.1, 0.15) is 11.3 Å². The number of rotatable bonds is 4. The molecule has 0 amide bonds. The Morgan fingerprint density at radius 2 is 2.13 bits per heavy atom. The zero-order valence-corrected chi connectivity index (χ0v) is 11.6. The van der Waals surface area contributed by atoms with Crippen molar-refractivity contribution < 1.29 is 10.2 Å². The standard InChI is InChI=1S/C9H10Br2ClNO2/c10-2-1-7(14)8(15)6-3-5(11)4-13-9(6)12/h3-4,7-8,14-15H,1-2H2. The SMILES string of the molecule is OC(CCBr)C(O)c1cc(Br)cnc1Cl. The molecule has 1 rings (SSSR count). The van der Waals surface area contributed by atoms with Gasteiger partial charge in [-0.05, 0) is 28.4 Å². The van der Waals surface area contributed by atoms with Crippen LogP contribution in [0.25, 0.3) is 0 Å². The Bertz CT molecular complexity index is 338. The van der Waals surface area contributed by atoms with Gasteiger partial charge < -0.3 is 10.2 Å². The number of hydrogen-bond acceptors (Lipinski definition) is 3. The van der Waals surface area contributed by atoms with E-state index in [0.29, 0.717) is 21.8 Å². The van der Waals surface area contributed by atoms with Gasteiger partial charge in [0.25, 0.3) is 0 Å². The van der Waals surface area contributed by atoms with E-state index in [9.17, 15) is 10.2 Å². The highest BCUT2D eigenvalue weighted by Gasteiger charge is 2.21. The molecular formula is C9H10Br2ClNO2. The summed E-state index contributed by atoms with van der Waals surface area (Å²) in [5.41, 5.74) is 0.430. The molecule has 0 aromatic carbocycles. The summed E-state index contributed by atoms with van der Waals surface area (Å²) in [4.78, 5) is 3.88. The van der Waals surface area contributed by atoms with Crippen molar-refractivity contribution in [3.05, 3.63) is 27.5 Å². The van der Waals surface area contributed by atoms with Crippen molar-refractivity contribution in [2.24, 2.45) is 0 Å². The summed E-state index contributed by atoms with van der Waals surface area (Å²) in [6, 6.07) is 1.65. The van der Waals surface area contributed by atoms with Crippen molar-refractivity contribution in [3.63, 3.8) is 0 Å². The first-order chi connectivity index (χ1) is 7.06. The number of nitrogens with zero attached hydrogens (tertiary/aromatic N) is 1. The normalized spacial score (nSPS) is 15.0. The average molecular weight is 359 g/mol. The van der Waals surface area contributed by atoms with E-state index in [-0.39, 0.29) is 5.15 Å². The Balaban J connectivity index is 2.89. The van der Waals surface area contributed by atoms with Crippen LogP contribution in [-0.4, -0.2) is 26.6 Å². The molecule has 2 N–H and O–H groups in total. The van der Waals surface area contributed by atoms with Crippen molar-refractivity contribution in [1.29, 1.82) is 0 Å². The zero-order valence-electron chi connectivity index (χ0n) is 7.70. The number of aliphatic hydroxyl groups excluding tert-OH is 2. The predicted molar refractivity (Wildman–Crippen MR) is 66.3 cm³/mol. The number of aliphatic hydroxyl groups is 2. The van der Waals surface area contributed by atoms with E-state index < -0.39 is 12.2 Å². The summed E-state index contributed by atoms with van der Waals surface area (Å²) < 4.78 is 0.715. The fourth-order valence-corrected chi connectivity index (χ4v) is 2.16. The third-order valence-corrected chi connectivity index (χ3v) is 3.13. The van der Waals surface area contributed by atoms with Crippen LogP contribution >= 0.6 is 43.5 Å².